The lowest BCUT2D eigenvalue weighted by molar-refractivity contribution is -0.136. The summed E-state index contributed by atoms with van der Waals surface area (Å²) in [6, 6.07) is 1.75. The average Bonchev–Trinajstić information content (AvgIpc) is 3.38. The molecule has 4 rings (SSSR count). The first-order chi connectivity index (χ1) is 17.0. The van der Waals surface area contributed by atoms with E-state index in [2.05, 4.69) is 20.2 Å². The monoisotopic (exact) mass is 569 g/mol. The Balaban J connectivity index is 0.00000380. The number of thiazole rings is 1. The predicted molar refractivity (Wildman–Crippen MR) is 142 cm³/mol. The van der Waals surface area contributed by atoms with Gasteiger partial charge in [-0.15, -0.1) is 23.7 Å². The summed E-state index contributed by atoms with van der Waals surface area (Å²) in [6.07, 6.45) is 2.44. The molecule has 14 heteroatoms. The van der Waals surface area contributed by atoms with Crippen LogP contribution in [-0.4, -0.2) is 76.6 Å². The van der Waals surface area contributed by atoms with Crippen molar-refractivity contribution in [3.8, 4) is 0 Å². The van der Waals surface area contributed by atoms with E-state index in [4.69, 9.17) is 17.3 Å². The van der Waals surface area contributed by atoms with Gasteiger partial charge in [0.2, 0.25) is 5.91 Å². The summed E-state index contributed by atoms with van der Waals surface area (Å²) >= 11 is 7.30. The molecule has 3 heterocycles. The summed E-state index contributed by atoms with van der Waals surface area (Å²) < 4.78 is 0. The maximum absolute atomic E-state index is 13.3. The Kier molecular flexibility index (Phi) is 9.11. The van der Waals surface area contributed by atoms with Gasteiger partial charge in [-0.05, 0) is 38.4 Å². The number of pyridine rings is 1. The van der Waals surface area contributed by atoms with Crippen LogP contribution in [0.15, 0.2) is 18.3 Å². The van der Waals surface area contributed by atoms with Gasteiger partial charge in [0, 0.05) is 44.2 Å². The second-order valence-electron chi connectivity index (χ2n) is 9.33. The molecule has 200 valence electrons. The molecule has 37 heavy (non-hydrogen) atoms. The Morgan fingerprint density at radius 2 is 1.92 bits per heavy atom. The largest absolute Gasteiger partial charge is 0.361 e. The number of rotatable bonds is 5. The molecule has 1 saturated carbocycles. The van der Waals surface area contributed by atoms with Crippen molar-refractivity contribution in [2.24, 2.45) is 11.7 Å². The van der Waals surface area contributed by atoms with Crippen molar-refractivity contribution in [1.82, 2.24) is 25.1 Å². The number of aromatic nitrogens is 2. The Hall–Kier alpha value is -2.80. The minimum atomic E-state index is -1.15. The predicted octanol–water partition coefficient (Wildman–Crippen LogP) is 1.43. The summed E-state index contributed by atoms with van der Waals surface area (Å²) in [5.74, 6) is -2.74. The molecule has 1 aliphatic heterocycles. The number of anilines is 1. The minimum Gasteiger partial charge on any atom is -0.361 e. The Labute approximate surface area is 229 Å². The third-order valence-corrected chi connectivity index (χ3v) is 7.75. The first kappa shape index (κ1) is 28.8. The fourth-order valence-corrected chi connectivity index (χ4v) is 5.94. The molecule has 0 radical (unpaired) electrons. The summed E-state index contributed by atoms with van der Waals surface area (Å²) in [6.45, 7) is 1.41. The van der Waals surface area contributed by atoms with Crippen LogP contribution in [0.25, 0.3) is 0 Å². The first-order valence-corrected chi connectivity index (χ1v) is 12.7. The van der Waals surface area contributed by atoms with Gasteiger partial charge in [0.1, 0.15) is 5.82 Å². The second-order valence-corrected chi connectivity index (χ2v) is 10.8. The van der Waals surface area contributed by atoms with E-state index in [-0.39, 0.29) is 42.4 Å². The molecular formula is C23H29Cl2N7O4S. The van der Waals surface area contributed by atoms with E-state index in [1.54, 1.807) is 20.2 Å². The van der Waals surface area contributed by atoms with Crippen LogP contribution in [0.3, 0.4) is 0 Å². The molecule has 3 atom stereocenters. The molecule has 2 aromatic heterocycles. The van der Waals surface area contributed by atoms with Gasteiger partial charge >= 0.3 is 11.8 Å². The van der Waals surface area contributed by atoms with E-state index >= 15 is 0 Å². The number of fused-ring (bicyclic) bond motifs is 1. The van der Waals surface area contributed by atoms with E-state index < -0.39 is 23.9 Å². The van der Waals surface area contributed by atoms with Gasteiger partial charge < -0.3 is 16.0 Å². The normalized spacial score (nSPS) is 20.9. The number of nitrogens with zero attached hydrogens (tertiary/aromatic N) is 5. The van der Waals surface area contributed by atoms with Gasteiger partial charge in [0.25, 0.3) is 5.91 Å². The smallest absolute Gasteiger partial charge is 0.317 e. The van der Waals surface area contributed by atoms with E-state index in [0.29, 0.717) is 29.4 Å². The molecule has 1 fully saturated rings. The number of carbonyl (C=O) groups is 4. The van der Waals surface area contributed by atoms with Gasteiger partial charge in [-0.2, -0.15) is 0 Å². The number of nitrogens with two attached hydrogens (primary N) is 1. The summed E-state index contributed by atoms with van der Waals surface area (Å²) in [5, 5.41) is 3.67. The molecule has 3 N–H and O–H groups in total. The molecule has 1 aliphatic carbocycles. The fourth-order valence-electron chi connectivity index (χ4n) is 4.78. The lowest BCUT2D eigenvalue weighted by atomic mass is 9.80. The van der Waals surface area contributed by atoms with Gasteiger partial charge in [-0.25, -0.2) is 9.97 Å². The molecule has 0 aromatic carbocycles. The number of halogens is 2. The lowest BCUT2D eigenvalue weighted by Gasteiger charge is -2.41. The molecule has 2 aromatic rings. The summed E-state index contributed by atoms with van der Waals surface area (Å²) in [5.41, 5.74) is 6.25. The van der Waals surface area contributed by atoms with Crippen LogP contribution < -0.4 is 16.0 Å². The molecule has 4 amide bonds. The number of carbonyl (C=O) groups excluding carboxylic acids is 4. The van der Waals surface area contributed by atoms with Crippen molar-refractivity contribution in [2.45, 2.75) is 44.4 Å². The third kappa shape index (κ3) is 6.20. The number of primary amides is 1. The topological polar surface area (TPSA) is 142 Å². The van der Waals surface area contributed by atoms with Crippen LogP contribution >= 0.6 is 35.3 Å². The zero-order chi connectivity index (χ0) is 26.1. The molecule has 0 spiro atoms. The molecular weight excluding hydrogens is 541 g/mol. The van der Waals surface area contributed by atoms with Crippen molar-refractivity contribution < 1.29 is 19.2 Å². The molecule has 2 aliphatic rings. The fraction of sp³-hybridized carbons (Fsp3) is 0.478. The molecule has 0 bridgehead atoms. The second kappa shape index (κ2) is 11.7. The van der Waals surface area contributed by atoms with Crippen LogP contribution in [0.1, 0.15) is 39.6 Å². The maximum Gasteiger partial charge on any atom is 0.317 e. The van der Waals surface area contributed by atoms with Crippen LogP contribution in [0.2, 0.25) is 5.02 Å². The molecule has 0 saturated heterocycles. The van der Waals surface area contributed by atoms with Gasteiger partial charge in [-0.3, -0.25) is 29.0 Å². The van der Waals surface area contributed by atoms with Crippen LogP contribution in [0.4, 0.5) is 5.82 Å². The average molecular weight is 571 g/mol. The zero-order valence-corrected chi connectivity index (χ0v) is 23.0. The zero-order valence-electron chi connectivity index (χ0n) is 20.6. The maximum atomic E-state index is 13.3. The van der Waals surface area contributed by atoms with Crippen molar-refractivity contribution in [1.29, 1.82) is 0 Å². The Bertz CT molecular complexity index is 1170. The van der Waals surface area contributed by atoms with E-state index in [1.165, 1.54) is 33.4 Å². The van der Waals surface area contributed by atoms with Crippen LogP contribution in [-0.2, 0) is 27.5 Å². The third-order valence-electron chi connectivity index (χ3n) is 6.45. The number of amides is 4. The van der Waals surface area contributed by atoms with Crippen molar-refractivity contribution in [3.05, 3.63) is 38.9 Å². The van der Waals surface area contributed by atoms with Gasteiger partial charge in [-0.1, -0.05) is 11.6 Å². The number of hydrogen-bond donors (Lipinski definition) is 2. The molecule has 0 unspecified atom stereocenters. The highest BCUT2D eigenvalue weighted by Gasteiger charge is 2.42. The van der Waals surface area contributed by atoms with Crippen molar-refractivity contribution in [2.75, 3.05) is 26.0 Å². The van der Waals surface area contributed by atoms with Gasteiger partial charge in [0.05, 0.1) is 22.8 Å². The Morgan fingerprint density at radius 3 is 2.51 bits per heavy atom. The highest BCUT2D eigenvalue weighted by atomic mass is 35.5. The highest BCUT2D eigenvalue weighted by molar-refractivity contribution is 7.13. The quantitative estimate of drug-likeness (QED) is 0.518. The van der Waals surface area contributed by atoms with Crippen LogP contribution in [0, 0.1) is 5.92 Å². The summed E-state index contributed by atoms with van der Waals surface area (Å²) in [7, 11) is 5.34. The number of hydrogen-bond acceptors (Lipinski definition) is 8. The van der Waals surface area contributed by atoms with E-state index in [1.807, 2.05) is 7.05 Å². The number of nitrogens with one attached hydrogen (secondary N) is 1. The van der Waals surface area contributed by atoms with Gasteiger partial charge in [0.15, 0.2) is 5.01 Å². The van der Waals surface area contributed by atoms with E-state index in [0.717, 1.165) is 17.1 Å². The summed E-state index contributed by atoms with van der Waals surface area (Å²) in [4.78, 5) is 65.5. The molecule has 11 nitrogen and oxygen atoms in total. The highest BCUT2D eigenvalue weighted by Crippen LogP contribution is 2.33. The lowest BCUT2D eigenvalue weighted by Crippen LogP contribution is -2.59. The minimum absolute atomic E-state index is 0. The van der Waals surface area contributed by atoms with Crippen LogP contribution in [0.5, 0.6) is 0 Å². The van der Waals surface area contributed by atoms with Crippen molar-refractivity contribution >= 4 is 64.8 Å². The van der Waals surface area contributed by atoms with Crippen molar-refractivity contribution in [3.63, 3.8) is 0 Å². The first-order valence-electron chi connectivity index (χ1n) is 11.5. The Morgan fingerprint density at radius 1 is 1.19 bits per heavy atom. The van der Waals surface area contributed by atoms with E-state index in [9.17, 15) is 19.2 Å². The standard InChI is InChI=1S/C23H28ClN7O4S.ClH/c1-29(2)22(34)12-4-6-16(31(23(35)19(25)32)18-7-5-13(24)9-26-18)14(8-12)27-20(33)21-28-15-10-30(3)11-17(15)36-21;/h5,7,9,12,14,16H,4,6,8,10-11H2,1-3H3,(H2,25,32)(H,27,33);1H/t12-,14+,16-;/m0./s1. The SMILES string of the molecule is CN1Cc2nc(C(=O)N[C@@H]3C[C@@H](C(=O)N(C)C)CC[C@@H]3N(C(=O)C(N)=O)c3ccc(Cl)cn3)sc2C1.Cl.